The van der Waals surface area contributed by atoms with Gasteiger partial charge in [0.25, 0.3) is 5.56 Å². The Kier molecular flexibility index (Phi) is 6.52. The molecule has 180 valence electrons. The average molecular weight is 595 g/mol. The summed E-state index contributed by atoms with van der Waals surface area (Å²) in [6, 6.07) is 1.71. The first-order chi connectivity index (χ1) is 14.9. The van der Waals surface area contributed by atoms with Crippen molar-refractivity contribution < 1.29 is 22.4 Å². The summed E-state index contributed by atoms with van der Waals surface area (Å²) >= 11 is 2.31. The van der Waals surface area contributed by atoms with E-state index in [1.807, 2.05) is 4.57 Å². The van der Waals surface area contributed by atoms with Gasteiger partial charge in [-0.05, 0) is 22.2 Å². The van der Waals surface area contributed by atoms with Crippen LogP contribution in [0.1, 0.15) is 55.4 Å². The first-order valence-electron chi connectivity index (χ1n) is 11.5. The van der Waals surface area contributed by atoms with Crippen LogP contribution in [0.25, 0.3) is 0 Å². The summed E-state index contributed by atoms with van der Waals surface area (Å²) in [4.78, 5) is 16.0. The predicted molar refractivity (Wildman–Crippen MR) is 134 cm³/mol. The molecular formula is C21H35IN2O6Si2. The lowest BCUT2D eigenvalue weighted by Gasteiger charge is -2.46. The fourth-order valence-corrected chi connectivity index (χ4v) is 17.5. The molecule has 3 aliphatic heterocycles. The molecule has 0 spiro atoms. The lowest BCUT2D eigenvalue weighted by Crippen LogP contribution is -2.60. The number of rotatable bonds is 5. The van der Waals surface area contributed by atoms with E-state index in [9.17, 15) is 4.79 Å². The highest BCUT2D eigenvalue weighted by Gasteiger charge is 2.70. The largest absolute Gasteiger partial charge is 0.453 e. The summed E-state index contributed by atoms with van der Waals surface area (Å²) in [7, 11) is -5.52. The first-order valence-corrected chi connectivity index (χ1v) is 17.0. The molecule has 8 nitrogen and oxygen atoms in total. The molecule has 0 amide bonds. The third kappa shape index (κ3) is 3.41. The maximum Gasteiger partial charge on any atom is 0.336 e. The van der Waals surface area contributed by atoms with E-state index < -0.39 is 41.3 Å². The van der Waals surface area contributed by atoms with E-state index in [1.54, 1.807) is 6.20 Å². The number of halogens is 1. The molecule has 0 aliphatic carbocycles. The molecule has 0 saturated carbocycles. The van der Waals surface area contributed by atoms with E-state index in [1.165, 1.54) is 6.07 Å². The number of hydrogen-bond acceptors (Lipinski definition) is 7. The minimum absolute atomic E-state index is 0.214. The van der Waals surface area contributed by atoms with Gasteiger partial charge in [-0.15, -0.1) is 0 Å². The molecule has 4 rings (SSSR count). The molecule has 0 N–H and O–H groups in total. The molecule has 2 saturated heterocycles. The Morgan fingerprint density at radius 1 is 1.03 bits per heavy atom. The number of nitrogens with zero attached hydrogens (tertiary/aromatic N) is 2. The smallest absolute Gasteiger partial charge is 0.336 e. The van der Waals surface area contributed by atoms with Gasteiger partial charge in [-0.1, -0.05) is 78.0 Å². The minimum Gasteiger partial charge on any atom is -0.453 e. The Hall–Kier alpha value is -0.316. The number of aromatic nitrogens is 2. The van der Waals surface area contributed by atoms with Crippen molar-refractivity contribution in [2.24, 2.45) is 0 Å². The van der Waals surface area contributed by atoms with Gasteiger partial charge in [0.05, 0.1) is 4.43 Å². The van der Waals surface area contributed by atoms with Crippen LogP contribution >= 0.6 is 22.6 Å². The van der Waals surface area contributed by atoms with Crippen LogP contribution in [0.4, 0.5) is 0 Å². The molecule has 1 aromatic heterocycles. The molecular weight excluding hydrogens is 559 g/mol. The van der Waals surface area contributed by atoms with E-state index >= 15 is 0 Å². The monoisotopic (exact) mass is 594 g/mol. The Morgan fingerprint density at radius 3 is 2.12 bits per heavy atom. The quantitative estimate of drug-likeness (QED) is 0.284. The van der Waals surface area contributed by atoms with Crippen LogP contribution in [0.5, 0.6) is 6.01 Å². The third-order valence-electron chi connectivity index (χ3n) is 7.10. The van der Waals surface area contributed by atoms with Gasteiger partial charge in [-0.3, -0.25) is 9.36 Å². The van der Waals surface area contributed by atoms with Crippen molar-refractivity contribution in [3.63, 3.8) is 0 Å². The third-order valence-corrected chi connectivity index (χ3v) is 18.4. The van der Waals surface area contributed by atoms with E-state index in [-0.39, 0.29) is 33.7 Å². The summed E-state index contributed by atoms with van der Waals surface area (Å²) in [5.41, 5.74) is -0.306. The van der Waals surface area contributed by atoms with Crippen LogP contribution in [0.2, 0.25) is 22.2 Å². The Morgan fingerprint density at radius 2 is 1.59 bits per heavy atom. The zero-order valence-electron chi connectivity index (χ0n) is 20.1. The van der Waals surface area contributed by atoms with E-state index in [2.05, 4.69) is 83.0 Å². The van der Waals surface area contributed by atoms with Gasteiger partial charge < -0.3 is 22.4 Å². The van der Waals surface area contributed by atoms with Crippen LogP contribution < -0.4 is 10.3 Å². The molecule has 3 aliphatic rings. The highest BCUT2D eigenvalue weighted by Crippen LogP contribution is 2.54. The molecule has 11 heteroatoms. The number of alkyl halides is 1. The van der Waals surface area contributed by atoms with Crippen LogP contribution in [-0.4, -0.2) is 49.6 Å². The van der Waals surface area contributed by atoms with E-state index in [0.717, 1.165) is 0 Å². The van der Waals surface area contributed by atoms with Crippen LogP contribution in [0, 0.1) is 0 Å². The Bertz CT molecular complexity index is 910. The Labute approximate surface area is 206 Å². The molecule has 1 aromatic rings. The highest BCUT2D eigenvalue weighted by atomic mass is 127. The zero-order chi connectivity index (χ0) is 23.6. The van der Waals surface area contributed by atoms with Gasteiger partial charge in [0.15, 0.2) is 12.4 Å². The van der Waals surface area contributed by atoms with Crippen molar-refractivity contribution in [1.82, 2.24) is 9.55 Å². The number of ether oxygens (including phenoxy) is 2. The fraction of sp³-hybridized carbons (Fsp3) is 0.810. The van der Waals surface area contributed by atoms with E-state index in [0.29, 0.717) is 4.43 Å². The highest BCUT2D eigenvalue weighted by molar-refractivity contribution is 14.1. The second kappa shape index (κ2) is 8.41. The average Bonchev–Trinajstić information content (AvgIpc) is 3.09. The van der Waals surface area contributed by atoms with Gasteiger partial charge in [0.2, 0.25) is 5.72 Å². The maximum absolute atomic E-state index is 11.9. The van der Waals surface area contributed by atoms with Gasteiger partial charge in [-0.25, -0.2) is 0 Å². The van der Waals surface area contributed by atoms with Crippen LogP contribution in [0.3, 0.4) is 0 Å². The molecule has 0 aromatic carbocycles. The number of hydrogen-bond donors (Lipinski definition) is 0. The predicted octanol–water partition coefficient (Wildman–Crippen LogP) is 4.40. The van der Waals surface area contributed by atoms with Crippen molar-refractivity contribution in [3.8, 4) is 6.01 Å². The molecule has 2 fully saturated rings. The standard InChI is InChI=1S/C21H35IN2O6Si2/c1-12(2)31(13(3)4)28-17-18-21(11-22,24-10-9-16(25)23-20(24)26-18)27-19(17)29-32(30-31,14(5)6)15(7)8/h9-10,12-15,17-19H,11H2,1-8H3. The van der Waals surface area contributed by atoms with Gasteiger partial charge in [-0.2, -0.15) is 4.98 Å². The zero-order valence-corrected chi connectivity index (χ0v) is 24.3. The minimum atomic E-state index is -2.77. The summed E-state index contributed by atoms with van der Waals surface area (Å²) in [6.45, 7) is 17.5. The molecule has 4 unspecified atom stereocenters. The molecule has 0 bridgehead atoms. The lowest BCUT2D eigenvalue weighted by atomic mass is 10.1. The molecule has 4 heterocycles. The van der Waals surface area contributed by atoms with Crippen molar-refractivity contribution in [1.29, 1.82) is 0 Å². The second-order valence-corrected chi connectivity index (χ2v) is 19.8. The maximum atomic E-state index is 11.9. The van der Waals surface area contributed by atoms with Gasteiger partial charge in [0.1, 0.15) is 6.10 Å². The van der Waals surface area contributed by atoms with Gasteiger partial charge in [0, 0.05) is 12.3 Å². The summed E-state index contributed by atoms with van der Waals surface area (Å²) in [6.07, 6.45) is 0.155. The summed E-state index contributed by atoms with van der Waals surface area (Å²) in [5.74, 6) is 0. The SMILES string of the molecule is CC(C)[Si]1(C(C)C)OC2OC3(CI)C(Oc4nc(=O)ccn43)C2O[Si](C(C)C)(C(C)C)O1. The Balaban J connectivity index is 1.88. The van der Waals surface area contributed by atoms with Crippen molar-refractivity contribution in [2.45, 2.75) is 102 Å². The normalized spacial score (nSPS) is 32.7. The molecule has 0 radical (unpaired) electrons. The summed E-state index contributed by atoms with van der Waals surface area (Å²) in [5, 5.41) is 0. The topological polar surface area (TPSA) is 81.0 Å². The van der Waals surface area contributed by atoms with Crippen molar-refractivity contribution in [2.75, 3.05) is 4.43 Å². The first kappa shape index (κ1) is 24.8. The van der Waals surface area contributed by atoms with Gasteiger partial charge >= 0.3 is 23.1 Å². The van der Waals surface area contributed by atoms with E-state index in [4.69, 9.17) is 22.4 Å². The van der Waals surface area contributed by atoms with Crippen LogP contribution in [0.15, 0.2) is 17.1 Å². The second-order valence-electron chi connectivity index (χ2n) is 10.3. The number of fused-ring (bicyclic) bond motifs is 5. The summed E-state index contributed by atoms with van der Waals surface area (Å²) < 4.78 is 36.6. The fourth-order valence-electron chi connectivity index (χ4n) is 5.38. The molecule has 32 heavy (non-hydrogen) atoms. The van der Waals surface area contributed by atoms with Crippen LogP contribution in [-0.2, 0) is 23.4 Å². The lowest BCUT2D eigenvalue weighted by molar-refractivity contribution is -0.167. The molecule has 4 atom stereocenters. The van der Waals surface area contributed by atoms with Crippen molar-refractivity contribution in [3.05, 3.63) is 22.6 Å². The van der Waals surface area contributed by atoms with Crippen molar-refractivity contribution >= 4 is 39.7 Å².